The average molecular weight is 287 g/mol. The molecule has 0 aliphatic rings. The second kappa shape index (κ2) is 5.03. The fourth-order valence-electron chi connectivity index (χ4n) is 1.70. The highest BCUT2D eigenvalue weighted by atomic mass is 19.4. The van der Waals surface area contributed by atoms with Crippen LogP contribution in [0.15, 0.2) is 24.4 Å². The number of Topliss-reactive ketones (excluding diaryl/α,β-unsaturated/α-hetero) is 1. The summed E-state index contributed by atoms with van der Waals surface area (Å²) in [6.07, 6.45) is -3.72. The zero-order valence-electron chi connectivity index (χ0n) is 10.3. The maximum absolute atomic E-state index is 13.7. The number of alkyl halides is 3. The topological polar surface area (TPSA) is 47.8 Å². The van der Waals surface area contributed by atoms with Crippen molar-refractivity contribution < 1.29 is 22.4 Å². The third-order valence-corrected chi connectivity index (χ3v) is 2.60. The zero-order valence-corrected chi connectivity index (χ0v) is 10.3. The lowest BCUT2D eigenvalue weighted by molar-refractivity contribution is -0.140. The predicted molar refractivity (Wildman–Crippen MR) is 60.4 cm³/mol. The van der Waals surface area contributed by atoms with Crippen molar-refractivity contribution in [2.45, 2.75) is 12.6 Å². The van der Waals surface area contributed by atoms with Crippen LogP contribution >= 0.6 is 0 Å². The molecule has 1 aromatic heterocycles. The number of carbonyl (C=O) groups is 1. The molecule has 1 aromatic carbocycles. The number of ketones is 1. The molecular weight excluding hydrogens is 278 g/mol. The van der Waals surface area contributed by atoms with Crippen LogP contribution in [0.1, 0.15) is 21.6 Å². The van der Waals surface area contributed by atoms with Crippen molar-refractivity contribution in [1.29, 1.82) is 0 Å². The molecule has 2 rings (SSSR count). The highest BCUT2D eigenvalue weighted by Crippen LogP contribution is 2.32. The van der Waals surface area contributed by atoms with E-state index in [4.69, 9.17) is 0 Å². The lowest BCUT2D eigenvalue weighted by atomic mass is 10.0. The van der Waals surface area contributed by atoms with Crippen LogP contribution in [-0.4, -0.2) is 20.8 Å². The summed E-state index contributed by atoms with van der Waals surface area (Å²) in [5, 5.41) is 7.21. The summed E-state index contributed by atoms with van der Waals surface area (Å²) in [6, 6.07) is 2.60. The third kappa shape index (κ3) is 2.84. The summed E-state index contributed by atoms with van der Waals surface area (Å²) in [5.74, 6) is -2.34. The van der Waals surface area contributed by atoms with Gasteiger partial charge in [-0.3, -0.25) is 9.48 Å². The van der Waals surface area contributed by atoms with E-state index in [1.807, 2.05) is 0 Å². The van der Waals surface area contributed by atoms with Gasteiger partial charge in [0.2, 0.25) is 0 Å². The molecule has 0 aliphatic carbocycles. The first-order valence-electron chi connectivity index (χ1n) is 5.53. The summed E-state index contributed by atoms with van der Waals surface area (Å²) >= 11 is 0. The van der Waals surface area contributed by atoms with E-state index in [9.17, 15) is 22.4 Å². The number of aromatic nitrogens is 3. The quantitative estimate of drug-likeness (QED) is 0.643. The van der Waals surface area contributed by atoms with Gasteiger partial charge in [0.15, 0.2) is 5.78 Å². The molecule has 1 heterocycles. The Morgan fingerprint density at radius 2 is 2.05 bits per heavy atom. The van der Waals surface area contributed by atoms with Gasteiger partial charge in [0.05, 0.1) is 23.2 Å². The molecule has 0 N–H and O–H groups in total. The fraction of sp³-hybridized carbons (Fsp3) is 0.250. The van der Waals surface area contributed by atoms with E-state index in [-0.39, 0.29) is 12.1 Å². The molecule has 0 bridgehead atoms. The highest BCUT2D eigenvalue weighted by Gasteiger charge is 2.35. The third-order valence-electron chi connectivity index (χ3n) is 2.60. The van der Waals surface area contributed by atoms with Crippen LogP contribution in [0.3, 0.4) is 0 Å². The minimum Gasteiger partial charge on any atom is -0.294 e. The molecule has 0 amide bonds. The van der Waals surface area contributed by atoms with E-state index in [1.54, 1.807) is 7.05 Å². The molecule has 0 atom stereocenters. The summed E-state index contributed by atoms with van der Waals surface area (Å²) in [6.45, 7) is 0. The van der Waals surface area contributed by atoms with Gasteiger partial charge < -0.3 is 0 Å². The number of halogens is 4. The van der Waals surface area contributed by atoms with Crippen LogP contribution in [0, 0.1) is 5.82 Å². The lowest BCUT2D eigenvalue weighted by Gasteiger charge is -2.10. The Morgan fingerprint density at radius 3 is 2.60 bits per heavy atom. The second-order valence-corrected chi connectivity index (χ2v) is 4.15. The van der Waals surface area contributed by atoms with Gasteiger partial charge in [0, 0.05) is 13.2 Å². The number of carbonyl (C=O) groups excluding carboxylic acids is 1. The molecule has 0 aliphatic heterocycles. The summed E-state index contributed by atoms with van der Waals surface area (Å²) in [4.78, 5) is 11.8. The van der Waals surface area contributed by atoms with E-state index < -0.39 is 28.9 Å². The summed E-state index contributed by atoms with van der Waals surface area (Å²) < 4.78 is 52.7. The van der Waals surface area contributed by atoms with Gasteiger partial charge in [-0.2, -0.15) is 13.2 Å². The largest absolute Gasteiger partial charge is 0.419 e. The normalized spacial score (nSPS) is 11.7. The highest BCUT2D eigenvalue weighted by molar-refractivity contribution is 5.97. The van der Waals surface area contributed by atoms with Gasteiger partial charge in [0.25, 0.3) is 0 Å². The zero-order chi connectivity index (χ0) is 14.9. The van der Waals surface area contributed by atoms with Gasteiger partial charge in [-0.1, -0.05) is 11.3 Å². The van der Waals surface area contributed by atoms with Crippen LogP contribution in [0.2, 0.25) is 0 Å². The molecule has 0 unspecified atom stereocenters. The Hall–Kier alpha value is -2.25. The average Bonchev–Trinajstić information content (AvgIpc) is 2.73. The first-order valence-corrected chi connectivity index (χ1v) is 5.53. The number of aryl methyl sites for hydroxylation is 1. The van der Waals surface area contributed by atoms with E-state index in [1.165, 1.54) is 10.9 Å². The van der Waals surface area contributed by atoms with Gasteiger partial charge in [-0.25, -0.2) is 4.39 Å². The molecule has 106 valence electrons. The fourth-order valence-corrected chi connectivity index (χ4v) is 1.70. The van der Waals surface area contributed by atoms with E-state index in [0.717, 1.165) is 12.1 Å². The van der Waals surface area contributed by atoms with Crippen LogP contribution < -0.4 is 0 Å². The second-order valence-electron chi connectivity index (χ2n) is 4.15. The van der Waals surface area contributed by atoms with E-state index >= 15 is 0 Å². The van der Waals surface area contributed by atoms with E-state index in [2.05, 4.69) is 10.3 Å². The number of hydrogen-bond acceptors (Lipinski definition) is 3. The minimum absolute atomic E-state index is 0.259. The molecular formula is C12H9F4N3O. The Kier molecular flexibility index (Phi) is 3.56. The maximum Gasteiger partial charge on any atom is 0.419 e. The molecule has 4 nitrogen and oxygen atoms in total. The summed E-state index contributed by atoms with van der Waals surface area (Å²) in [5.41, 5.74) is -1.80. The Balaban J connectivity index is 2.31. The van der Waals surface area contributed by atoms with Crippen LogP contribution in [0.4, 0.5) is 17.6 Å². The van der Waals surface area contributed by atoms with Crippen molar-refractivity contribution in [3.63, 3.8) is 0 Å². The molecule has 0 spiro atoms. The van der Waals surface area contributed by atoms with Gasteiger partial charge >= 0.3 is 6.18 Å². The van der Waals surface area contributed by atoms with Crippen molar-refractivity contribution in [1.82, 2.24) is 15.0 Å². The summed E-state index contributed by atoms with van der Waals surface area (Å²) in [7, 11) is 1.58. The minimum atomic E-state index is -4.84. The van der Waals surface area contributed by atoms with Crippen LogP contribution in [0.25, 0.3) is 0 Å². The predicted octanol–water partition coefficient (Wildman–Crippen LogP) is 2.40. The number of rotatable bonds is 3. The van der Waals surface area contributed by atoms with Crippen molar-refractivity contribution in [3.05, 3.63) is 47.0 Å². The number of benzene rings is 1. The maximum atomic E-state index is 13.7. The molecule has 0 fully saturated rings. The number of nitrogens with zero attached hydrogens (tertiary/aromatic N) is 3. The molecule has 2 aromatic rings. The van der Waals surface area contributed by atoms with Crippen molar-refractivity contribution in [3.8, 4) is 0 Å². The number of hydrogen-bond donors (Lipinski definition) is 0. The van der Waals surface area contributed by atoms with Gasteiger partial charge in [-0.05, 0) is 12.1 Å². The first-order chi connectivity index (χ1) is 9.29. The molecule has 0 saturated heterocycles. The molecule has 0 radical (unpaired) electrons. The Labute approximate surface area is 111 Å². The first kappa shape index (κ1) is 14.2. The smallest absolute Gasteiger partial charge is 0.294 e. The monoisotopic (exact) mass is 287 g/mol. The van der Waals surface area contributed by atoms with Gasteiger partial charge in [0.1, 0.15) is 5.82 Å². The standard InChI is InChI=1S/C12H9F4N3O/c1-19-6-7(17-18-19)5-10(20)8-3-2-4-9(11(8)13)12(14,15)16/h2-4,6H,5H2,1H3. The molecule has 0 saturated carbocycles. The Morgan fingerprint density at radius 1 is 1.35 bits per heavy atom. The van der Waals surface area contributed by atoms with Crippen molar-refractivity contribution in [2.75, 3.05) is 0 Å². The SMILES string of the molecule is Cn1cc(CC(=O)c2cccc(C(F)(F)F)c2F)nn1. The van der Waals surface area contributed by atoms with Crippen LogP contribution in [0.5, 0.6) is 0 Å². The van der Waals surface area contributed by atoms with E-state index in [0.29, 0.717) is 6.07 Å². The van der Waals surface area contributed by atoms with Crippen LogP contribution in [-0.2, 0) is 19.6 Å². The molecule has 8 heteroatoms. The van der Waals surface area contributed by atoms with Gasteiger partial charge in [-0.15, -0.1) is 5.10 Å². The van der Waals surface area contributed by atoms with Crippen molar-refractivity contribution >= 4 is 5.78 Å². The lowest BCUT2D eigenvalue weighted by Crippen LogP contribution is -2.13. The van der Waals surface area contributed by atoms with Crippen molar-refractivity contribution in [2.24, 2.45) is 7.05 Å². The Bertz CT molecular complexity index is 648. The molecule has 20 heavy (non-hydrogen) atoms.